The predicted molar refractivity (Wildman–Crippen MR) is 53.0 cm³/mol. The molecule has 2 heteroatoms. The zero-order valence-corrected chi connectivity index (χ0v) is 7.01. The minimum Gasteiger partial charge on any atom is -0.0991 e. The highest BCUT2D eigenvalue weighted by molar-refractivity contribution is 6.42. The van der Waals surface area contributed by atoms with Gasteiger partial charge in [0.15, 0.2) is 0 Å². The molecule has 0 heterocycles. The number of hydrogen-bond donors (Lipinski definition) is 0. The summed E-state index contributed by atoms with van der Waals surface area (Å²) in [6, 6.07) is 0. The second-order valence-corrected chi connectivity index (χ2v) is 2.46. The molecule has 0 aliphatic rings. The van der Waals surface area contributed by atoms with Crippen LogP contribution in [0.15, 0.2) is 37.0 Å². The Bertz CT molecular complexity index is 178. The van der Waals surface area contributed by atoms with E-state index in [4.69, 9.17) is 15.7 Å². The highest BCUT2D eigenvalue weighted by Crippen LogP contribution is 2.31. The van der Waals surface area contributed by atoms with Crippen molar-refractivity contribution in [1.29, 1.82) is 0 Å². The molecule has 0 aliphatic carbocycles. The molecule has 0 spiro atoms. The van der Waals surface area contributed by atoms with E-state index in [9.17, 15) is 0 Å². The third-order valence-corrected chi connectivity index (χ3v) is 1.64. The van der Waals surface area contributed by atoms with Crippen molar-refractivity contribution in [3.8, 4) is 0 Å². The Labute approximate surface area is 71.9 Å². The number of allylic oxidation sites excluding steroid dienone is 4. The van der Waals surface area contributed by atoms with Gasteiger partial charge in [-0.15, -0.1) is 0 Å². The zero-order valence-electron chi connectivity index (χ0n) is 7.01. The molecule has 0 nitrogen and oxygen atoms in total. The van der Waals surface area contributed by atoms with Crippen molar-refractivity contribution < 1.29 is 0 Å². The first-order valence-electron chi connectivity index (χ1n) is 3.62. The molecule has 0 atom stereocenters. The highest BCUT2D eigenvalue weighted by Gasteiger charge is 2.16. The molecule has 0 aromatic rings. The van der Waals surface area contributed by atoms with Crippen LogP contribution < -0.4 is 0 Å². The van der Waals surface area contributed by atoms with Gasteiger partial charge in [0.2, 0.25) is 0 Å². The van der Waals surface area contributed by atoms with Gasteiger partial charge in [0, 0.05) is 0 Å². The lowest BCUT2D eigenvalue weighted by molar-refractivity contribution is 0.847. The first kappa shape index (κ1) is 10.3. The largest absolute Gasteiger partial charge is 0.0991 e. The maximum Gasteiger partial charge on any atom is 0.0682 e. The van der Waals surface area contributed by atoms with Crippen LogP contribution in [0.3, 0.4) is 0 Å². The Balaban J connectivity index is 4.62. The van der Waals surface area contributed by atoms with Crippen LogP contribution in [0.4, 0.5) is 0 Å². The van der Waals surface area contributed by atoms with Gasteiger partial charge in [0.05, 0.1) is 15.7 Å². The van der Waals surface area contributed by atoms with Crippen LogP contribution >= 0.6 is 0 Å². The fraction of sp³-hybridized carbons (Fsp3) is 0.333. The standard InChI is InChI=1S/C9H12B2/c1-4-7-8(5-2)9(10,11)6-3/h4-5,7H,1-2,6H2,3H3/b8-7+. The van der Waals surface area contributed by atoms with E-state index in [1.54, 1.807) is 18.2 Å². The molecule has 0 unspecified atom stereocenters. The molecular formula is C9H12B2. The van der Waals surface area contributed by atoms with Crippen molar-refractivity contribution in [2.75, 3.05) is 0 Å². The van der Waals surface area contributed by atoms with E-state index in [1.165, 1.54) is 0 Å². The SMILES string of the molecule is [B]C([B])(CC)/C(C=C)=C/C=C. The molecular weight excluding hydrogens is 130 g/mol. The van der Waals surface area contributed by atoms with E-state index in [1.807, 2.05) is 6.92 Å². The number of hydrogen-bond acceptors (Lipinski definition) is 0. The molecule has 11 heavy (non-hydrogen) atoms. The molecule has 0 bridgehead atoms. The van der Waals surface area contributed by atoms with Crippen molar-refractivity contribution in [2.24, 2.45) is 0 Å². The second kappa shape index (κ2) is 4.27. The van der Waals surface area contributed by atoms with Crippen LogP contribution in [-0.4, -0.2) is 15.7 Å². The van der Waals surface area contributed by atoms with Crippen LogP contribution in [0.2, 0.25) is 5.21 Å². The average molecular weight is 142 g/mol. The van der Waals surface area contributed by atoms with Crippen molar-refractivity contribution in [2.45, 2.75) is 18.6 Å². The van der Waals surface area contributed by atoms with Crippen molar-refractivity contribution in [3.63, 3.8) is 0 Å². The average Bonchev–Trinajstić information content (AvgIpc) is 2.00. The summed E-state index contributed by atoms with van der Waals surface area (Å²) in [6.07, 6.45) is 5.77. The van der Waals surface area contributed by atoms with Crippen molar-refractivity contribution in [3.05, 3.63) is 37.0 Å². The third kappa shape index (κ3) is 2.83. The summed E-state index contributed by atoms with van der Waals surface area (Å²) in [5.41, 5.74) is 0.815. The molecule has 0 aromatic heterocycles. The van der Waals surface area contributed by atoms with Crippen molar-refractivity contribution >= 4 is 15.7 Å². The first-order chi connectivity index (χ1) is 5.08. The predicted octanol–water partition coefficient (Wildman–Crippen LogP) is 2.15. The van der Waals surface area contributed by atoms with Crippen LogP contribution in [-0.2, 0) is 0 Å². The minimum absolute atomic E-state index is 0.679. The van der Waals surface area contributed by atoms with Gasteiger partial charge in [-0.05, 0) is 0 Å². The van der Waals surface area contributed by atoms with Gasteiger partial charge in [-0.2, -0.15) is 0 Å². The van der Waals surface area contributed by atoms with Crippen LogP contribution in [0.1, 0.15) is 13.3 Å². The van der Waals surface area contributed by atoms with Gasteiger partial charge in [-0.1, -0.05) is 55.5 Å². The van der Waals surface area contributed by atoms with E-state index >= 15 is 0 Å². The molecule has 0 saturated heterocycles. The Morgan fingerprint density at radius 3 is 2.27 bits per heavy atom. The van der Waals surface area contributed by atoms with Gasteiger partial charge in [0.1, 0.15) is 0 Å². The van der Waals surface area contributed by atoms with Gasteiger partial charge < -0.3 is 0 Å². The molecule has 0 aromatic carbocycles. The summed E-state index contributed by atoms with van der Waals surface area (Å²) in [5.74, 6) is 0. The fourth-order valence-corrected chi connectivity index (χ4v) is 0.744. The molecule has 4 radical (unpaired) electrons. The summed E-state index contributed by atoms with van der Waals surface area (Å²) in [4.78, 5) is 0. The lowest BCUT2D eigenvalue weighted by atomic mass is 9.49. The Morgan fingerprint density at radius 1 is 1.45 bits per heavy atom. The van der Waals surface area contributed by atoms with E-state index in [0.29, 0.717) is 6.42 Å². The monoisotopic (exact) mass is 142 g/mol. The second-order valence-electron chi connectivity index (χ2n) is 2.46. The lowest BCUT2D eigenvalue weighted by Gasteiger charge is -2.25. The summed E-state index contributed by atoms with van der Waals surface area (Å²) in [6.45, 7) is 9.11. The minimum atomic E-state index is -0.768. The Hall–Kier alpha value is -0.650. The van der Waals surface area contributed by atoms with Gasteiger partial charge in [0.25, 0.3) is 0 Å². The molecule has 0 saturated carbocycles. The summed E-state index contributed by atoms with van der Waals surface area (Å²) in [7, 11) is 11.5. The Morgan fingerprint density at radius 2 is 2.00 bits per heavy atom. The normalized spacial score (nSPS) is 12.6. The molecule has 0 amide bonds. The molecule has 0 fully saturated rings. The fourth-order valence-electron chi connectivity index (χ4n) is 0.744. The highest BCUT2D eigenvalue weighted by atomic mass is 14.1. The van der Waals surface area contributed by atoms with Gasteiger partial charge >= 0.3 is 0 Å². The summed E-state index contributed by atoms with van der Waals surface area (Å²) in [5, 5.41) is -0.768. The quantitative estimate of drug-likeness (QED) is 0.416. The van der Waals surface area contributed by atoms with Crippen LogP contribution in [0.5, 0.6) is 0 Å². The van der Waals surface area contributed by atoms with Crippen LogP contribution in [0, 0.1) is 0 Å². The lowest BCUT2D eigenvalue weighted by Crippen LogP contribution is -2.13. The molecule has 0 N–H and O–H groups in total. The smallest absolute Gasteiger partial charge is 0.0682 e. The maximum atomic E-state index is 5.75. The molecule has 0 aliphatic heterocycles. The molecule has 54 valence electrons. The summed E-state index contributed by atoms with van der Waals surface area (Å²) < 4.78 is 0. The summed E-state index contributed by atoms with van der Waals surface area (Å²) >= 11 is 0. The zero-order chi connectivity index (χ0) is 8.91. The molecule has 0 rings (SSSR count). The van der Waals surface area contributed by atoms with Crippen molar-refractivity contribution in [1.82, 2.24) is 0 Å². The van der Waals surface area contributed by atoms with Gasteiger partial charge in [-0.25, -0.2) is 0 Å². The Kier molecular flexibility index (Phi) is 4.02. The topological polar surface area (TPSA) is 0 Å². The van der Waals surface area contributed by atoms with Crippen LogP contribution in [0.25, 0.3) is 0 Å². The first-order valence-corrected chi connectivity index (χ1v) is 3.62. The number of rotatable bonds is 4. The van der Waals surface area contributed by atoms with E-state index in [2.05, 4.69) is 13.2 Å². The third-order valence-electron chi connectivity index (χ3n) is 1.64. The van der Waals surface area contributed by atoms with E-state index < -0.39 is 5.21 Å². The van der Waals surface area contributed by atoms with E-state index in [-0.39, 0.29) is 0 Å². The van der Waals surface area contributed by atoms with Gasteiger partial charge in [-0.3, -0.25) is 0 Å². The maximum absolute atomic E-state index is 5.75. The van der Waals surface area contributed by atoms with E-state index in [0.717, 1.165) is 5.57 Å².